The van der Waals surface area contributed by atoms with Crippen molar-refractivity contribution in [2.24, 2.45) is 0 Å². The molecule has 3 rings (SSSR count). The molecule has 8 heteroatoms. The van der Waals surface area contributed by atoms with Crippen LogP contribution in [0.15, 0.2) is 30.5 Å². The molecule has 0 aliphatic carbocycles. The van der Waals surface area contributed by atoms with E-state index in [1.165, 1.54) is 4.90 Å². The molecule has 0 atom stereocenters. The fourth-order valence-electron chi connectivity index (χ4n) is 3.37. The van der Waals surface area contributed by atoms with Gasteiger partial charge in [-0.15, -0.1) is 0 Å². The summed E-state index contributed by atoms with van der Waals surface area (Å²) in [6.45, 7) is 10.8. The summed E-state index contributed by atoms with van der Waals surface area (Å²) in [6.07, 6.45) is 1.55. The Labute approximate surface area is 177 Å². The fourth-order valence-corrected chi connectivity index (χ4v) is 3.37. The van der Waals surface area contributed by atoms with Crippen LogP contribution >= 0.6 is 0 Å². The third kappa shape index (κ3) is 6.21. The second kappa shape index (κ2) is 9.49. The van der Waals surface area contributed by atoms with E-state index in [0.717, 1.165) is 50.3 Å². The van der Waals surface area contributed by atoms with Gasteiger partial charge in [0.1, 0.15) is 12.1 Å². The highest BCUT2D eigenvalue weighted by atomic mass is 16.6. The van der Waals surface area contributed by atoms with Crippen LogP contribution in [0.2, 0.25) is 0 Å². The summed E-state index contributed by atoms with van der Waals surface area (Å²) in [4.78, 5) is 28.0. The summed E-state index contributed by atoms with van der Waals surface area (Å²) in [5, 5.41) is 3.92. The number of hydrogen-bond donors (Lipinski definition) is 1. The number of nitrogens with one attached hydrogen (secondary N) is 1. The van der Waals surface area contributed by atoms with Crippen molar-refractivity contribution in [2.45, 2.75) is 32.9 Å². The first-order valence-electron chi connectivity index (χ1n) is 10.3. The number of aromatic nitrogens is 1. The highest BCUT2D eigenvalue weighted by Crippen LogP contribution is 2.21. The van der Waals surface area contributed by atoms with Gasteiger partial charge in [0.25, 0.3) is 0 Å². The van der Waals surface area contributed by atoms with Gasteiger partial charge in [-0.1, -0.05) is 0 Å². The smallest absolute Gasteiger partial charge is 0.410 e. The van der Waals surface area contributed by atoms with E-state index in [1.807, 2.05) is 18.2 Å². The molecule has 1 aliphatic rings. The van der Waals surface area contributed by atoms with Gasteiger partial charge >= 0.3 is 6.09 Å². The molecule has 0 spiro atoms. The normalized spacial score (nSPS) is 15.2. The average molecular weight is 417 g/mol. The predicted molar refractivity (Wildman–Crippen MR) is 117 cm³/mol. The number of nitrogens with zero attached hydrogens (tertiary/aromatic N) is 3. The van der Waals surface area contributed by atoms with Gasteiger partial charge < -0.3 is 24.3 Å². The molecule has 8 nitrogen and oxygen atoms in total. The monoisotopic (exact) mass is 416 g/mol. The van der Waals surface area contributed by atoms with Gasteiger partial charge in [-0.2, -0.15) is 0 Å². The van der Waals surface area contributed by atoms with Crippen LogP contribution in [-0.2, 0) is 20.8 Å². The molecular formula is C22H32N4O4. The Kier molecular flexibility index (Phi) is 6.99. The lowest BCUT2D eigenvalue weighted by Gasteiger charge is -2.26. The van der Waals surface area contributed by atoms with E-state index in [-0.39, 0.29) is 12.5 Å². The zero-order chi connectivity index (χ0) is 21.7. The number of rotatable bonds is 6. The second-order valence-corrected chi connectivity index (χ2v) is 8.62. The van der Waals surface area contributed by atoms with Crippen LogP contribution in [0.5, 0.6) is 0 Å². The van der Waals surface area contributed by atoms with Crippen molar-refractivity contribution in [3.63, 3.8) is 0 Å². The Morgan fingerprint density at radius 2 is 1.90 bits per heavy atom. The highest BCUT2D eigenvalue weighted by Gasteiger charge is 2.21. The number of anilines is 1. The largest absolute Gasteiger partial charge is 0.444 e. The maximum absolute atomic E-state index is 12.3. The summed E-state index contributed by atoms with van der Waals surface area (Å²) in [7, 11) is 1.55. The molecule has 164 valence electrons. The minimum atomic E-state index is -0.595. The molecule has 1 aliphatic heterocycles. The Hall–Kier alpha value is -2.58. The van der Waals surface area contributed by atoms with Crippen LogP contribution in [0.4, 0.5) is 10.5 Å². The van der Waals surface area contributed by atoms with E-state index in [1.54, 1.807) is 27.8 Å². The Morgan fingerprint density at radius 1 is 1.17 bits per heavy atom. The maximum atomic E-state index is 12.3. The Morgan fingerprint density at radius 3 is 2.60 bits per heavy atom. The zero-order valence-corrected chi connectivity index (χ0v) is 18.3. The molecule has 2 amide bonds. The van der Waals surface area contributed by atoms with Crippen LogP contribution in [0.1, 0.15) is 20.8 Å². The summed E-state index contributed by atoms with van der Waals surface area (Å²) >= 11 is 0. The number of carbonyl (C=O) groups is 2. The molecule has 0 radical (unpaired) electrons. The number of carbonyl (C=O) groups excluding carboxylic acids is 2. The molecule has 2 heterocycles. The first kappa shape index (κ1) is 22.1. The molecule has 1 aromatic heterocycles. The van der Waals surface area contributed by atoms with E-state index in [2.05, 4.69) is 27.0 Å². The lowest BCUT2D eigenvalue weighted by Crippen LogP contribution is -2.38. The van der Waals surface area contributed by atoms with Crippen LogP contribution < -0.4 is 5.32 Å². The number of benzene rings is 1. The van der Waals surface area contributed by atoms with E-state index in [4.69, 9.17) is 9.47 Å². The van der Waals surface area contributed by atoms with E-state index < -0.39 is 11.7 Å². The van der Waals surface area contributed by atoms with Gasteiger partial charge in [0.15, 0.2) is 0 Å². The molecular weight excluding hydrogens is 384 g/mol. The lowest BCUT2D eigenvalue weighted by molar-refractivity contribution is -0.117. The second-order valence-electron chi connectivity index (χ2n) is 8.62. The van der Waals surface area contributed by atoms with Crippen LogP contribution in [-0.4, -0.2) is 78.4 Å². The molecule has 2 aromatic rings. The summed E-state index contributed by atoms with van der Waals surface area (Å²) < 4.78 is 12.9. The fraction of sp³-hybridized carbons (Fsp3) is 0.545. The molecule has 1 aromatic carbocycles. The first-order chi connectivity index (χ1) is 14.2. The van der Waals surface area contributed by atoms with Crippen molar-refractivity contribution in [1.82, 2.24) is 14.4 Å². The summed E-state index contributed by atoms with van der Waals surface area (Å²) in [5.74, 6) is -0.269. The van der Waals surface area contributed by atoms with Gasteiger partial charge in [-0.3, -0.25) is 9.69 Å². The van der Waals surface area contributed by atoms with Gasteiger partial charge in [-0.05, 0) is 45.0 Å². The van der Waals surface area contributed by atoms with Gasteiger partial charge in [-0.25, -0.2) is 4.79 Å². The first-order valence-corrected chi connectivity index (χ1v) is 10.3. The number of ether oxygens (including phenoxy) is 2. The lowest BCUT2D eigenvalue weighted by atomic mass is 10.2. The van der Waals surface area contributed by atoms with Gasteiger partial charge in [0.2, 0.25) is 5.91 Å². The van der Waals surface area contributed by atoms with E-state index in [0.29, 0.717) is 5.69 Å². The van der Waals surface area contributed by atoms with Crippen LogP contribution in [0.25, 0.3) is 10.9 Å². The molecule has 0 saturated carbocycles. The number of likely N-dealkylation sites (N-methyl/N-ethyl adjacent to an activating group) is 1. The third-order valence-electron chi connectivity index (χ3n) is 4.90. The van der Waals surface area contributed by atoms with E-state index in [9.17, 15) is 9.59 Å². The number of amides is 2. The van der Waals surface area contributed by atoms with Crippen LogP contribution in [0, 0.1) is 0 Å². The van der Waals surface area contributed by atoms with Crippen molar-refractivity contribution in [3.8, 4) is 0 Å². The van der Waals surface area contributed by atoms with Crippen molar-refractivity contribution >= 4 is 28.6 Å². The average Bonchev–Trinajstić information content (AvgIpc) is 3.08. The number of morpholine rings is 1. The highest BCUT2D eigenvalue weighted by molar-refractivity contribution is 5.96. The van der Waals surface area contributed by atoms with Crippen molar-refractivity contribution in [1.29, 1.82) is 0 Å². The van der Waals surface area contributed by atoms with Gasteiger partial charge in [0, 0.05) is 56.0 Å². The molecule has 0 bridgehead atoms. The van der Waals surface area contributed by atoms with E-state index >= 15 is 0 Å². The zero-order valence-electron chi connectivity index (χ0n) is 18.3. The van der Waals surface area contributed by atoms with Crippen LogP contribution in [0.3, 0.4) is 0 Å². The molecule has 1 N–H and O–H groups in total. The number of hydrogen-bond acceptors (Lipinski definition) is 5. The maximum Gasteiger partial charge on any atom is 0.410 e. The predicted octanol–water partition coefficient (Wildman–Crippen LogP) is 2.78. The Balaban J connectivity index is 1.55. The molecule has 1 saturated heterocycles. The van der Waals surface area contributed by atoms with Crippen molar-refractivity contribution in [2.75, 3.05) is 51.8 Å². The summed E-state index contributed by atoms with van der Waals surface area (Å²) in [6, 6.07) is 7.91. The van der Waals surface area contributed by atoms with Crippen molar-refractivity contribution < 1.29 is 19.1 Å². The quantitative estimate of drug-likeness (QED) is 0.784. The van der Waals surface area contributed by atoms with Gasteiger partial charge in [0.05, 0.1) is 13.2 Å². The Bertz CT molecular complexity index is 881. The molecule has 30 heavy (non-hydrogen) atoms. The SMILES string of the molecule is CN(CC(=O)Nc1ccc2c(ccn2CCN2CCOCC2)c1)C(=O)OC(C)(C)C. The topological polar surface area (TPSA) is 76.0 Å². The molecule has 0 unspecified atom stereocenters. The third-order valence-corrected chi connectivity index (χ3v) is 4.90. The minimum absolute atomic E-state index is 0.0759. The summed E-state index contributed by atoms with van der Waals surface area (Å²) in [5.41, 5.74) is 1.24. The van der Waals surface area contributed by atoms with Crippen molar-refractivity contribution in [3.05, 3.63) is 30.5 Å². The number of fused-ring (bicyclic) bond motifs is 1. The molecule has 1 fully saturated rings. The minimum Gasteiger partial charge on any atom is -0.444 e. The standard InChI is InChI=1S/C22H32N4O4/c1-22(2,3)30-21(28)24(4)16-20(27)23-18-5-6-19-17(15-18)7-8-26(19)10-9-25-11-13-29-14-12-25/h5-8,15H,9-14,16H2,1-4H3,(H,23,27).